The van der Waals surface area contributed by atoms with Crippen molar-refractivity contribution in [2.45, 2.75) is 43.8 Å². The molecular formula is C20H20Cl2N6O2. The number of nitrogens with two attached hydrogens (primary N) is 1. The van der Waals surface area contributed by atoms with Gasteiger partial charge in [-0.05, 0) is 37.8 Å². The second-order valence-electron chi connectivity index (χ2n) is 7.97. The lowest BCUT2D eigenvalue weighted by Gasteiger charge is -2.38. The number of fused-ring (bicyclic) bond motifs is 4. The molecule has 0 saturated carbocycles. The second-order valence-corrected chi connectivity index (χ2v) is 8.34. The maximum absolute atomic E-state index is 11.5. The molecule has 2 fully saturated rings. The largest absolute Gasteiger partial charge is 0.417 e. The number of hydrogen-bond donors (Lipinski definition) is 3. The first-order chi connectivity index (χ1) is 14.1. The Morgan fingerprint density at radius 3 is 2.73 bits per heavy atom. The number of anilines is 1. The molecule has 2 atom stereocenters. The van der Waals surface area contributed by atoms with Gasteiger partial charge in [0.15, 0.2) is 11.2 Å². The van der Waals surface area contributed by atoms with E-state index in [1.807, 2.05) is 18.5 Å². The summed E-state index contributed by atoms with van der Waals surface area (Å²) in [6, 6.07) is 4.72. The second kappa shape index (κ2) is 7.01. The first-order valence-corrected chi connectivity index (χ1v) is 10.2. The zero-order chi connectivity index (χ0) is 19.7. The highest BCUT2D eigenvalue weighted by molar-refractivity contribution is 6.38. The number of benzene rings is 1. The van der Waals surface area contributed by atoms with E-state index in [9.17, 15) is 4.79 Å². The number of piperidine rings is 1. The van der Waals surface area contributed by atoms with Crippen LogP contribution in [0.25, 0.3) is 33.4 Å². The molecule has 2 aliphatic heterocycles. The number of oxazole rings is 1. The lowest BCUT2D eigenvalue weighted by atomic mass is 9.98. The molecule has 0 amide bonds. The summed E-state index contributed by atoms with van der Waals surface area (Å²) in [4.78, 5) is 29.3. The Labute approximate surface area is 182 Å². The highest BCUT2D eigenvalue weighted by Crippen LogP contribution is 2.40. The third-order valence-corrected chi connectivity index (χ3v) is 6.62. The van der Waals surface area contributed by atoms with Crippen molar-refractivity contribution < 1.29 is 4.42 Å². The van der Waals surface area contributed by atoms with Crippen molar-refractivity contribution in [3.63, 3.8) is 0 Å². The van der Waals surface area contributed by atoms with E-state index in [-0.39, 0.29) is 18.4 Å². The molecule has 2 unspecified atom stereocenters. The molecule has 3 aromatic heterocycles. The highest BCUT2D eigenvalue weighted by atomic mass is 35.5. The van der Waals surface area contributed by atoms with E-state index in [4.69, 9.17) is 31.7 Å². The Bertz CT molecular complexity index is 1300. The Hall–Kier alpha value is -2.55. The van der Waals surface area contributed by atoms with Gasteiger partial charge in [0.2, 0.25) is 0 Å². The Morgan fingerprint density at radius 2 is 1.97 bits per heavy atom. The van der Waals surface area contributed by atoms with Crippen LogP contribution in [0.1, 0.15) is 25.7 Å². The lowest BCUT2D eigenvalue weighted by Crippen LogP contribution is -2.47. The molecule has 0 spiro atoms. The molecule has 8 nitrogen and oxygen atoms in total. The van der Waals surface area contributed by atoms with Gasteiger partial charge in [-0.1, -0.05) is 11.6 Å². The maximum atomic E-state index is 11.5. The fraction of sp³-hybridized carbons (Fsp3) is 0.350. The average Bonchev–Trinajstić information content (AvgIpc) is 3.36. The van der Waals surface area contributed by atoms with Crippen molar-refractivity contribution in [1.29, 1.82) is 0 Å². The fourth-order valence-corrected chi connectivity index (χ4v) is 5.31. The number of rotatable bonds is 2. The van der Waals surface area contributed by atoms with E-state index < -0.39 is 5.76 Å². The smallest absolute Gasteiger partial charge is 0.408 e. The molecule has 2 aliphatic rings. The van der Waals surface area contributed by atoms with Gasteiger partial charge in [-0.25, -0.2) is 14.8 Å². The molecule has 4 aromatic rings. The minimum atomic E-state index is -0.529. The fourth-order valence-electron chi connectivity index (χ4n) is 5.00. The summed E-state index contributed by atoms with van der Waals surface area (Å²) >= 11 is 6.55. The molecule has 2 saturated heterocycles. The van der Waals surface area contributed by atoms with Crippen molar-refractivity contribution in [2.24, 2.45) is 5.73 Å². The van der Waals surface area contributed by atoms with Crippen LogP contribution >= 0.6 is 24.0 Å². The third kappa shape index (κ3) is 2.82. The highest BCUT2D eigenvalue weighted by Gasteiger charge is 2.40. The number of nitrogens with one attached hydrogen (secondary N) is 2. The van der Waals surface area contributed by atoms with Crippen LogP contribution in [0.3, 0.4) is 0 Å². The number of aromatic amines is 2. The number of nitrogens with zero attached hydrogens (tertiary/aromatic N) is 3. The molecule has 2 bridgehead atoms. The standard InChI is InChI=1S/C20H19ClN6O2.ClH/c21-16-12(3-4-14-18(16)26-20(28)29-14)13-7-24-19-17(13)23-8-15(25-19)27-10-1-2-11(27)6-9(22)5-10;/h3-4,7-11H,1-2,5-6,22H2,(H,24,25)(H,26,28);1H. The summed E-state index contributed by atoms with van der Waals surface area (Å²) in [7, 11) is 0. The van der Waals surface area contributed by atoms with Crippen LogP contribution in [-0.2, 0) is 0 Å². The quantitative estimate of drug-likeness (QED) is 0.433. The van der Waals surface area contributed by atoms with Crippen LogP contribution in [0.5, 0.6) is 0 Å². The number of halogens is 2. The van der Waals surface area contributed by atoms with E-state index in [1.165, 1.54) is 0 Å². The van der Waals surface area contributed by atoms with Crippen LogP contribution in [0, 0.1) is 0 Å². The molecule has 1 aromatic carbocycles. The third-order valence-electron chi connectivity index (χ3n) is 6.23. The van der Waals surface area contributed by atoms with Gasteiger partial charge < -0.3 is 20.0 Å². The van der Waals surface area contributed by atoms with Crippen molar-refractivity contribution >= 4 is 52.1 Å². The molecule has 0 aliphatic carbocycles. The van der Waals surface area contributed by atoms with Crippen molar-refractivity contribution in [3.8, 4) is 11.1 Å². The molecule has 30 heavy (non-hydrogen) atoms. The van der Waals surface area contributed by atoms with Crippen LogP contribution in [0.4, 0.5) is 5.82 Å². The van der Waals surface area contributed by atoms with E-state index in [2.05, 4.69) is 14.9 Å². The summed E-state index contributed by atoms with van der Waals surface area (Å²) in [6.45, 7) is 0. The number of hydrogen-bond acceptors (Lipinski definition) is 6. The average molecular weight is 447 g/mol. The molecule has 4 N–H and O–H groups in total. The van der Waals surface area contributed by atoms with Crippen molar-refractivity contribution in [3.05, 3.63) is 40.1 Å². The zero-order valence-corrected chi connectivity index (χ0v) is 17.5. The van der Waals surface area contributed by atoms with E-state index in [0.29, 0.717) is 33.9 Å². The number of H-pyrrole nitrogens is 2. The Kier molecular flexibility index (Phi) is 4.53. The van der Waals surface area contributed by atoms with Crippen LogP contribution in [0.15, 0.2) is 33.7 Å². The molecule has 0 radical (unpaired) electrons. The van der Waals surface area contributed by atoms with Gasteiger partial charge in [0.1, 0.15) is 16.9 Å². The van der Waals surface area contributed by atoms with Gasteiger partial charge in [0.25, 0.3) is 0 Å². The first-order valence-electron chi connectivity index (χ1n) is 9.78. The van der Waals surface area contributed by atoms with Crippen molar-refractivity contribution in [2.75, 3.05) is 4.90 Å². The summed E-state index contributed by atoms with van der Waals surface area (Å²) < 4.78 is 5.08. The molecule has 5 heterocycles. The SMILES string of the molecule is Cl.NC1CC2CCC(C1)N2c1cnc2c(-c3ccc4oc(=O)[nH]c4c3Cl)c[nH]c2n1. The summed E-state index contributed by atoms with van der Waals surface area (Å²) in [5.41, 5.74) is 10.1. The van der Waals surface area contributed by atoms with E-state index in [1.54, 1.807) is 6.07 Å². The van der Waals surface area contributed by atoms with Gasteiger partial charge in [-0.15, -0.1) is 12.4 Å². The molecule has 6 rings (SSSR count). The maximum Gasteiger partial charge on any atom is 0.417 e. The van der Waals surface area contributed by atoms with Crippen LogP contribution in [0.2, 0.25) is 5.02 Å². The van der Waals surface area contributed by atoms with Gasteiger partial charge in [-0.3, -0.25) is 4.98 Å². The number of aromatic nitrogens is 4. The first kappa shape index (κ1) is 19.4. The Balaban J connectivity index is 0.00000193. The van der Waals surface area contributed by atoms with Gasteiger partial charge >= 0.3 is 5.76 Å². The monoisotopic (exact) mass is 446 g/mol. The lowest BCUT2D eigenvalue weighted by molar-refractivity contribution is 0.412. The molecule has 10 heteroatoms. The molecule has 156 valence electrons. The van der Waals surface area contributed by atoms with Gasteiger partial charge in [0.05, 0.1) is 11.2 Å². The normalized spacial score (nSPS) is 23.3. The minimum absolute atomic E-state index is 0. The van der Waals surface area contributed by atoms with Gasteiger partial charge in [-0.2, -0.15) is 0 Å². The summed E-state index contributed by atoms with van der Waals surface area (Å²) in [5.74, 6) is 0.365. The van der Waals surface area contributed by atoms with E-state index >= 15 is 0 Å². The topological polar surface area (TPSA) is 117 Å². The predicted molar refractivity (Wildman–Crippen MR) is 118 cm³/mol. The minimum Gasteiger partial charge on any atom is -0.408 e. The summed E-state index contributed by atoms with van der Waals surface area (Å²) in [6.07, 6.45) is 8.02. The predicted octanol–water partition coefficient (Wildman–Crippen LogP) is 3.59. The van der Waals surface area contributed by atoms with Crippen LogP contribution < -0.4 is 16.4 Å². The zero-order valence-electron chi connectivity index (χ0n) is 15.9. The van der Waals surface area contributed by atoms with Crippen molar-refractivity contribution in [1.82, 2.24) is 19.9 Å². The van der Waals surface area contributed by atoms with Crippen LogP contribution in [-0.4, -0.2) is 38.1 Å². The van der Waals surface area contributed by atoms with Gasteiger partial charge in [0, 0.05) is 35.4 Å². The summed E-state index contributed by atoms with van der Waals surface area (Å²) in [5, 5.41) is 0.420. The van der Waals surface area contributed by atoms with E-state index in [0.717, 1.165) is 48.1 Å². The molecular weight excluding hydrogens is 427 g/mol. The Morgan fingerprint density at radius 1 is 1.20 bits per heavy atom.